The van der Waals surface area contributed by atoms with Gasteiger partial charge in [-0.05, 0) is 89.9 Å². The molecule has 374 valence electrons. The van der Waals surface area contributed by atoms with Crippen LogP contribution in [0.1, 0.15) is 265 Å². The number of esters is 3. The first kappa shape index (κ1) is 61.9. The van der Waals surface area contributed by atoms with Gasteiger partial charge in [-0.2, -0.15) is 0 Å². The summed E-state index contributed by atoms with van der Waals surface area (Å²) >= 11 is 0. The fraction of sp³-hybridized carbons (Fsp3) is 0.746. The highest BCUT2D eigenvalue weighted by molar-refractivity contribution is 5.71. The number of carbonyl (C=O) groups excluding carboxylic acids is 3. The third-order valence-corrected chi connectivity index (χ3v) is 11.7. The summed E-state index contributed by atoms with van der Waals surface area (Å²) in [6, 6.07) is 0. The Kier molecular flexibility index (Phi) is 50.9. The smallest absolute Gasteiger partial charge is 0.306 e. The summed E-state index contributed by atoms with van der Waals surface area (Å²) in [6.45, 7) is 6.48. The predicted octanol–water partition coefficient (Wildman–Crippen LogP) is 18.2. The monoisotopic (exact) mass is 907 g/mol. The molecule has 0 radical (unpaired) electrons. The molecule has 6 heteroatoms. The van der Waals surface area contributed by atoms with Crippen LogP contribution in [0, 0.1) is 0 Å². The summed E-state index contributed by atoms with van der Waals surface area (Å²) < 4.78 is 16.8. The maximum atomic E-state index is 12.8. The first-order valence-corrected chi connectivity index (χ1v) is 27.4. The second-order valence-electron chi connectivity index (χ2n) is 18.1. The highest BCUT2D eigenvalue weighted by Gasteiger charge is 2.19. The lowest BCUT2D eigenvalue weighted by Gasteiger charge is -2.18. The van der Waals surface area contributed by atoms with Gasteiger partial charge in [0.05, 0.1) is 0 Å². The minimum Gasteiger partial charge on any atom is -0.462 e. The van der Waals surface area contributed by atoms with E-state index in [0.29, 0.717) is 19.3 Å². The number of carbonyl (C=O) groups is 3. The molecule has 0 aliphatic carbocycles. The molecule has 6 nitrogen and oxygen atoms in total. The van der Waals surface area contributed by atoms with Gasteiger partial charge in [0, 0.05) is 19.3 Å². The molecule has 0 aliphatic rings. The number of unbranched alkanes of at least 4 members (excludes halogenated alkanes) is 26. The van der Waals surface area contributed by atoms with Crippen LogP contribution in [0.3, 0.4) is 0 Å². The summed E-state index contributed by atoms with van der Waals surface area (Å²) in [4.78, 5) is 38.0. The van der Waals surface area contributed by atoms with Gasteiger partial charge in [-0.15, -0.1) is 0 Å². The molecule has 0 heterocycles. The van der Waals surface area contributed by atoms with Crippen LogP contribution in [0.5, 0.6) is 0 Å². The Labute approximate surface area is 402 Å². The zero-order valence-electron chi connectivity index (χ0n) is 42.7. The maximum absolute atomic E-state index is 12.8. The van der Waals surface area contributed by atoms with Crippen LogP contribution < -0.4 is 0 Å². The molecular weight excluding hydrogens is 805 g/mol. The normalized spacial score (nSPS) is 12.6. The second kappa shape index (κ2) is 53.5. The van der Waals surface area contributed by atoms with Crippen LogP contribution in [0.25, 0.3) is 0 Å². The molecule has 0 bridgehead atoms. The minimum atomic E-state index is -0.785. The lowest BCUT2D eigenvalue weighted by atomic mass is 10.1. The van der Waals surface area contributed by atoms with Gasteiger partial charge in [0.2, 0.25) is 0 Å². The summed E-state index contributed by atoms with van der Waals surface area (Å²) in [5.74, 6) is -0.907. The number of rotatable bonds is 49. The van der Waals surface area contributed by atoms with Gasteiger partial charge in [-0.25, -0.2) is 0 Å². The predicted molar refractivity (Wildman–Crippen MR) is 279 cm³/mol. The van der Waals surface area contributed by atoms with E-state index in [1.54, 1.807) is 0 Å². The highest BCUT2D eigenvalue weighted by atomic mass is 16.6. The van der Waals surface area contributed by atoms with Gasteiger partial charge >= 0.3 is 17.9 Å². The fourth-order valence-electron chi connectivity index (χ4n) is 7.58. The van der Waals surface area contributed by atoms with Crippen LogP contribution in [-0.2, 0) is 28.6 Å². The molecule has 0 fully saturated rings. The molecule has 0 aliphatic heterocycles. The second-order valence-corrected chi connectivity index (χ2v) is 18.1. The van der Waals surface area contributed by atoms with Crippen molar-refractivity contribution in [2.45, 2.75) is 271 Å². The SMILES string of the molecule is CC/C=C\C/C=C\C/C=C\C/C=C\CCCCCCC(=O)OC[C@H](COC(=O)CCCCCCCCCCC/C=C\C/C=C\CCCCC)OC(=O)CCCCCCCCCCCCC. The van der Waals surface area contributed by atoms with Crippen molar-refractivity contribution in [3.8, 4) is 0 Å². The molecular formula is C59H102O6. The van der Waals surface area contributed by atoms with Gasteiger partial charge in [-0.1, -0.05) is 229 Å². The van der Waals surface area contributed by atoms with Crippen molar-refractivity contribution in [1.82, 2.24) is 0 Å². The standard InChI is InChI=1S/C59H102O6/c1-4-7-10-13-16-19-22-24-26-28-29-31-33-35-38-40-43-46-49-52-58(61)64-55-56(65-59(62)53-50-47-44-41-36-21-18-15-12-9-6-3)54-63-57(60)51-48-45-42-39-37-34-32-30-27-25-23-20-17-14-11-8-5-2/h8,11,16-17,19-20,24-27,32,34,56H,4-7,9-10,12-15,18,21-23,28-31,33,35-55H2,1-3H3/b11-8-,19-16-,20-17-,26-24-,27-25-,34-32-/t56-/m1/s1. The van der Waals surface area contributed by atoms with Crippen molar-refractivity contribution in [2.24, 2.45) is 0 Å². The molecule has 65 heavy (non-hydrogen) atoms. The van der Waals surface area contributed by atoms with E-state index >= 15 is 0 Å². The molecule has 0 amide bonds. The largest absolute Gasteiger partial charge is 0.462 e. The number of allylic oxidation sites excluding steroid dienone is 12. The van der Waals surface area contributed by atoms with Crippen LogP contribution in [0.4, 0.5) is 0 Å². The van der Waals surface area contributed by atoms with Crippen LogP contribution in [0.15, 0.2) is 72.9 Å². The molecule has 0 saturated carbocycles. The van der Waals surface area contributed by atoms with E-state index in [9.17, 15) is 14.4 Å². The van der Waals surface area contributed by atoms with E-state index < -0.39 is 6.10 Å². The number of ether oxygens (including phenoxy) is 3. The Hall–Kier alpha value is -3.15. The van der Waals surface area contributed by atoms with Crippen molar-refractivity contribution in [3.63, 3.8) is 0 Å². The van der Waals surface area contributed by atoms with Crippen molar-refractivity contribution in [3.05, 3.63) is 72.9 Å². The molecule has 0 spiro atoms. The average Bonchev–Trinajstić information content (AvgIpc) is 3.30. The molecule has 0 aromatic heterocycles. The van der Waals surface area contributed by atoms with Gasteiger partial charge in [-0.3, -0.25) is 14.4 Å². The summed E-state index contributed by atoms with van der Waals surface area (Å²) in [5.41, 5.74) is 0. The Bertz CT molecular complexity index is 1230. The zero-order chi connectivity index (χ0) is 47.2. The number of hydrogen-bond donors (Lipinski definition) is 0. The Morgan fingerprint density at radius 3 is 0.969 bits per heavy atom. The van der Waals surface area contributed by atoms with E-state index in [2.05, 4.69) is 93.7 Å². The summed E-state index contributed by atoms with van der Waals surface area (Å²) in [6.07, 6.45) is 67.4. The van der Waals surface area contributed by atoms with Gasteiger partial charge < -0.3 is 14.2 Å². The lowest BCUT2D eigenvalue weighted by molar-refractivity contribution is -0.167. The van der Waals surface area contributed by atoms with Crippen molar-refractivity contribution < 1.29 is 28.6 Å². The van der Waals surface area contributed by atoms with Crippen molar-refractivity contribution >= 4 is 17.9 Å². The van der Waals surface area contributed by atoms with E-state index in [1.807, 2.05) is 0 Å². The van der Waals surface area contributed by atoms with Gasteiger partial charge in [0.15, 0.2) is 6.10 Å². The third-order valence-electron chi connectivity index (χ3n) is 11.7. The molecule has 0 unspecified atom stereocenters. The fourth-order valence-corrected chi connectivity index (χ4v) is 7.58. The van der Waals surface area contributed by atoms with Crippen LogP contribution in [0.2, 0.25) is 0 Å². The van der Waals surface area contributed by atoms with Crippen molar-refractivity contribution in [2.75, 3.05) is 13.2 Å². The molecule has 1 atom stereocenters. The zero-order valence-corrected chi connectivity index (χ0v) is 42.7. The maximum Gasteiger partial charge on any atom is 0.306 e. The first-order valence-electron chi connectivity index (χ1n) is 27.4. The average molecular weight is 907 g/mol. The Morgan fingerprint density at radius 2 is 0.600 bits per heavy atom. The Morgan fingerprint density at radius 1 is 0.323 bits per heavy atom. The van der Waals surface area contributed by atoms with Crippen LogP contribution in [-0.4, -0.2) is 37.2 Å². The number of hydrogen-bond acceptors (Lipinski definition) is 6. The molecule has 0 N–H and O–H groups in total. The van der Waals surface area contributed by atoms with E-state index in [1.165, 1.54) is 122 Å². The quantitative estimate of drug-likeness (QED) is 0.0262. The lowest BCUT2D eigenvalue weighted by Crippen LogP contribution is -2.30. The molecule has 0 rings (SSSR count). The summed E-state index contributed by atoms with van der Waals surface area (Å²) in [7, 11) is 0. The van der Waals surface area contributed by atoms with E-state index in [0.717, 1.165) is 103 Å². The van der Waals surface area contributed by atoms with E-state index in [4.69, 9.17) is 14.2 Å². The van der Waals surface area contributed by atoms with Gasteiger partial charge in [0.1, 0.15) is 13.2 Å². The van der Waals surface area contributed by atoms with Crippen LogP contribution >= 0.6 is 0 Å². The first-order chi connectivity index (χ1) is 32.0. The highest BCUT2D eigenvalue weighted by Crippen LogP contribution is 2.15. The third kappa shape index (κ3) is 51.7. The van der Waals surface area contributed by atoms with E-state index in [-0.39, 0.29) is 31.1 Å². The van der Waals surface area contributed by atoms with Gasteiger partial charge in [0.25, 0.3) is 0 Å². The Balaban J connectivity index is 4.36. The minimum absolute atomic E-state index is 0.0840. The summed E-state index contributed by atoms with van der Waals surface area (Å²) in [5, 5.41) is 0. The van der Waals surface area contributed by atoms with Crippen molar-refractivity contribution in [1.29, 1.82) is 0 Å². The molecule has 0 aromatic rings. The molecule has 0 aromatic carbocycles. The molecule has 0 saturated heterocycles. The topological polar surface area (TPSA) is 78.9 Å².